The first-order chi connectivity index (χ1) is 9.54. The lowest BCUT2D eigenvalue weighted by molar-refractivity contribution is 0.0952. The molecule has 0 saturated carbocycles. The van der Waals surface area contributed by atoms with Crippen LogP contribution in [0, 0.1) is 10.5 Å². The van der Waals surface area contributed by atoms with Crippen LogP contribution in [0.2, 0.25) is 0 Å². The molecule has 0 fully saturated rings. The van der Waals surface area contributed by atoms with Gasteiger partial charge in [-0.15, -0.1) is 0 Å². The molecule has 0 bridgehead atoms. The zero-order chi connectivity index (χ0) is 14.7. The molecule has 6 nitrogen and oxygen atoms in total. The molecule has 3 N–H and O–H groups in total. The second-order valence-corrected chi connectivity index (χ2v) is 5.29. The second kappa shape index (κ2) is 6.14. The van der Waals surface area contributed by atoms with Gasteiger partial charge in [0.1, 0.15) is 0 Å². The van der Waals surface area contributed by atoms with Crippen molar-refractivity contribution in [3.8, 4) is 0 Å². The fourth-order valence-electron chi connectivity index (χ4n) is 1.80. The van der Waals surface area contributed by atoms with Gasteiger partial charge in [0.15, 0.2) is 0 Å². The monoisotopic (exact) mass is 384 g/mol. The van der Waals surface area contributed by atoms with Crippen molar-refractivity contribution in [3.05, 3.63) is 61.3 Å². The number of hydrazine groups is 1. The molecule has 0 aliphatic heterocycles. The van der Waals surface area contributed by atoms with Crippen LogP contribution < -0.4 is 16.8 Å². The number of nitrogen functional groups attached to an aromatic ring is 1. The van der Waals surface area contributed by atoms with Gasteiger partial charge < -0.3 is 0 Å². The molecule has 0 saturated heterocycles. The van der Waals surface area contributed by atoms with Gasteiger partial charge in [-0.3, -0.25) is 19.6 Å². The molecule has 0 radical (unpaired) electrons. The van der Waals surface area contributed by atoms with Crippen LogP contribution in [0.1, 0.15) is 21.6 Å². The zero-order valence-electron chi connectivity index (χ0n) is 10.8. The molecular formula is C13H13IN4O2. The van der Waals surface area contributed by atoms with Crippen molar-refractivity contribution in [2.45, 2.75) is 13.5 Å². The Balaban J connectivity index is 2.44. The van der Waals surface area contributed by atoms with Crippen LogP contribution in [-0.4, -0.2) is 15.5 Å². The van der Waals surface area contributed by atoms with Gasteiger partial charge in [-0.05, 0) is 41.1 Å². The van der Waals surface area contributed by atoms with Gasteiger partial charge in [-0.25, -0.2) is 10.8 Å². The number of nitrogens with zero attached hydrogens (tertiary/aromatic N) is 2. The number of hydrogen-bond donors (Lipinski definition) is 2. The molecule has 1 aromatic carbocycles. The fourth-order valence-corrected chi connectivity index (χ4v) is 2.25. The summed E-state index contributed by atoms with van der Waals surface area (Å²) in [7, 11) is 0. The Kier molecular flexibility index (Phi) is 4.50. The third-order valence-electron chi connectivity index (χ3n) is 2.89. The van der Waals surface area contributed by atoms with Gasteiger partial charge in [0.05, 0.1) is 22.1 Å². The van der Waals surface area contributed by atoms with Gasteiger partial charge >= 0.3 is 0 Å². The van der Waals surface area contributed by atoms with E-state index in [9.17, 15) is 9.59 Å². The minimum absolute atomic E-state index is 0.124. The lowest BCUT2D eigenvalue weighted by Crippen LogP contribution is -2.31. The molecule has 0 unspecified atom stereocenters. The number of benzene rings is 1. The maximum atomic E-state index is 12.1. The van der Waals surface area contributed by atoms with Crippen LogP contribution in [0.3, 0.4) is 0 Å². The van der Waals surface area contributed by atoms with Gasteiger partial charge in [-0.2, -0.15) is 0 Å². The summed E-state index contributed by atoms with van der Waals surface area (Å²) in [5.41, 5.74) is 3.82. The Morgan fingerprint density at radius 3 is 2.85 bits per heavy atom. The highest BCUT2D eigenvalue weighted by atomic mass is 127. The molecule has 0 atom stereocenters. The van der Waals surface area contributed by atoms with E-state index in [0.717, 1.165) is 0 Å². The lowest BCUT2D eigenvalue weighted by atomic mass is 10.1. The number of nitrogens with one attached hydrogen (secondary N) is 1. The van der Waals surface area contributed by atoms with E-state index in [-0.39, 0.29) is 18.0 Å². The second-order valence-electron chi connectivity index (χ2n) is 4.21. The number of aryl methyl sites for hydroxylation is 1. The summed E-state index contributed by atoms with van der Waals surface area (Å²) < 4.78 is 2.04. The largest absolute Gasteiger partial charge is 0.294 e. The van der Waals surface area contributed by atoms with Crippen LogP contribution in [-0.2, 0) is 6.54 Å². The average molecular weight is 384 g/mol. The Morgan fingerprint density at radius 2 is 2.15 bits per heavy atom. The van der Waals surface area contributed by atoms with E-state index in [1.807, 2.05) is 22.6 Å². The van der Waals surface area contributed by atoms with Gasteiger partial charge in [0, 0.05) is 5.56 Å². The van der Waals surface area contributed by atoms with E-state index < -0.39 is 0 Å². The van der Waals surface area contributed by atoms with E-state index in [4.69, 9.17) is 5.84 Å². The average Bonchev–Trinajstić information content (AvgIpc) is 2.47. The Hall–Kier alpha value is -1.74. The maximum Gasteiger partial charge on any atom is 0.267 e. The summed E-state index contributed by atoms with van der Waals surface area (Å²) in [4.78, 5) is 28.0. The van der Waals surface area contributed by atoms with E-state index in [0.29, 0.717) is 20.4 Å². The molecule has 1 heterocycles. The molecule has 0 spiro atoms. The lowest BCUT2D eigenvalue weighted by Gasteiger charge is -2.10. The Labute approximate surface area is 129 Å². The smallest absolute Gasteiger partial charge is 0.267 e. The maximum absolute atomic E-state index is 12.1. The highest BCUT2D eigenvalue weighted by Gasteiger charge is 2.12. The van der Waals surface area contributed by atoms with Crippen molar-refractivity contribution >= 4 is 28.5 Å². The summed E-state index contributed by atoms with van der Waals surface area (Å²) in [5.74, 6) is 4.77. The fraction of sp³-hybridized carbons (Fsp3) is 0.154. The number of halogens is 1. The third-order valence-corrected chi connectivity index (χ3v) is 4.13. The van der Waals surface area contributed by atoms with Crippen molar-refractivity contribution in [1.82, 2.24) is 15.0 Å². The van der Waals surface area contributed by atoms with E-state index >= 15 is 0 Å². The first-order valence-corrected chi connectivity index (χ1v) is 6.93. The molecule has 0 aliphatic carbocycles. The molecule has 104 valence electrons. The third kappa shape index (κ3) is 2.88. The standard InChI is InChI=1S/C13H13IN4O2/c1-8-11(14)13(20)18(7-16-8)6-9-4-2-3-5-10(9)12(19)17-15/h2-5,7H,6,15H2,1H3,(H,17,19). The molecule has 1 amide bonds. The summed E-state index contributed by atoms with van der Waals surface area (Å²) in [6.07, 6.45) is 1.48. The zero-order valence-corrected chi connectivity index (χ0v) is 12.9. The topological polar surface area (TPSA) is 90.0 Å². The molecular weight excluding hydrogens is 371 g/mol. The van der Waals surface area contributed by atoms with Crippen molar-refractivity contribution in [1.29, 1.82) is 0 Å². The van der Waals surface area contributed by atoms with Crippen LogP contribution in [0.5, 0.6) is 0 Å². The summed E-state index contributed by atoms with van der Waals surface area (Å²) in [6, 6.07) is 6.99. The normalized spacial score (nSPS) is 10.3. The van der Waals surface area contributed by atoms with Gasteiger partial charge in [0.25, 0.3) is 11.5 Å². The van der Waals surface area contributed by atoms with E-state index in [1.54, 1.807) is 31.2 Å². The van der Waals surface area contributed by atoms with Gasteiger partial charge in [0.2, 0.25) is 0 Å². The highest BCUT2D eigenvalue weighted by molar-refractivity contribution is 14.1. The van der Waals surface area contributed by atoms with Crippen molar-refractivity contribution in [3.63, 3.8) is 0 Å². The molecule has 2 aromatic rings. The highest BCUT2D eigenvalue weighted by Crippen LogP contribution is 2.10. The number of hydrogen-bond acceptors (Lipinski definition) is 4. The molecule has 1 aromatic heterocycles. The van der Waals surface area contributed by atoms with Crippen LogP contribution in [0.25, 0.3) is 0 Å². The quantitative estimate of drug-likeness (QED) is 0.355. The predicted molar refractivity (Wildman–Crippen MR) is 83.1 cm³/mol. The minimum atomic E-state index is -0.386. The first-order valence-electron chi connectivity index (χ1n) is 5.85. The number of rotatable bonds is 3. The molecule has 0 aliphatic rings. The summed E-state index contributed by atoms with van der Waals surface area (Å²) in [6.45, 7) is 2.05. The van der Waals surface area contributed by atoms with Crippen molar-refractivity contribution in [2.24, 2.45) is 5.84 Å². The molecule has 7 heteroatoms. The molecule has 2 rings (SSSR count). The number of aromatic nitrogens is 2. The van der Waals surface area contributed by atoms with Crippen LogP contribution in [0.4, 0.5) is 0 Å². The summed E-state index contributed by atoms with van der Waals surface area (Å²) in [5, 5.41) is 0. The number of carbonyl (C=O) groups is 1. The summed E-state index contributed by atoms with van der Waals surface area (Å²) >= 11 is 1.97. The first kappa shape index (κ1) is 14.7. The Morgan fingerprint density at radius 1 is 1.45 bits per heavy atom. The van der Waals surface area contributed by atoms with Crippen LogP contribution in [0.15, 0.2) is 35.4 Å². The van der Waals surface area contributed by atoms with Crippen molar-refractivity contribution < 1.29 is 4.79 Å². The predicted octanol–water partition coefficient (Wildman–Crippen LogP) is 0.808. The van der Waals surface area contributed by atoms with Crippen LogP contribution >= 0.6 is 22.6 Å². The van der Waals surface area contributed by atoms with E-state index in [1.165, 1.54) is 10.9 Å². The van der Waals surface area contributed by atoms with E-state index in [2.05, 4.69) is 10.4 Å². The van der Waals surface area contributed by atoms with Gasteiger partial charge in [-0.1, -0.05) is 18.2 Å². The van der Waals surface area contributed by atoms with Crippen molar-refractivity contribution in [2.75, 3.05) is 0 Å². The minimum Gasteiger partial charge on any atom is -0.294 e. The SMILES string of the molecule is Cc1ncn(Cc2ccccc2C(=O)NN)c(=O)c1I. The number of nitrogens with two attached hydrogens (primary N) is 1. The number of carbonyl (C=O) groups excluding carboxylic acids is 1. The number of amides is 1. The molecule has 20 heavy (non-hydrogen) atoms. The Bertz CT molecular complexity index is 712.